The summed E-state index contributed by atoms with van der Waals surface area (Å²) >= 11 is 9.05. The molecule has 0 amide bonds. The van der Waals surface area contributed by atoms with Gasteiger partial charge < -0.3 is 4.74 Å². The molecule has 0 aliphatic heterocycles. The Morgan fingerprint density at radius 2 is 2.27 bits per heavy atom. The highest BCUT2D eigenvalue weighted by Gasteiger charge is 2.11. The first-order valence-corrected chi connectivity index (χ1v) is 4.01. The van der Waals surface area contributed by atoms with Crippen molar-refractivity contribution in [3.05, 3.63) is 21.9 Å². The van der Waals surface area contributed by atoms with Gasteiger partial charge >= 0.3 is 0 Å². The van der Waals surface area contributed by atoms with Crippen LogP contribution >= 0.6 is 27.5 Å². The minimum absolute atomic E-state index is 0.522. The van der Waals surface area contributed by atoms with Crippen LogP contribution in [0.25, 0.3) is 0 Å². The Morgan fingerprint density at radius 3 is 2.82 bits per heavy atom. The maximum atomic E-state index is 5.82. The molecule has 3 nitrogen and oxygen atoms in total. The highest BCUT2D eigenvalue weighted by Crippen LogP contribution is 2.29. The molecule has 1 aromatic rings. The summed E-state index contributed by atoms with van der Waals surface area (Å²) in [5.41, 5.74) is 0. The van der Waals surface area contributed by atoms with Crippen LogP contribution in [-0.2, 0) is 0 Å². The molecule has 0 aromatic carbocycles. The SMILES string of the molecule is COc1c[n+](N)cc(Br)c1Cl. The molecule has 0 bridgehead atoms. The number of rotatable bonds is 1. The fourth-order valence-electron chi connectivity index (χ4n) is 0.677. The number of aromatic nitrogens is 1. The van der Waals surface area contributed by atoms with Crippen molar-refractivity contribution in [2.75, 3.05) is 13.0 Å². The Morgan fingerprint density at radius 1 is 1.64 bits per heavy atom. The topological polar surface area (TPSA) is 39.1 Å². The van der Waals surface area contributed by atoms with Crippen molar-refractivity contribution in [1.82, 2.24) is 0 Å². The third kappa shape index (κ3) is 1.75. The molecule has 0 aliphatic carbocycles. The quantitative estimate of drug-likeness (QED) is 0.588. The van der Waals surface area contributed by atoms with E-state index in [1.807, 2.05) is 0 Å². The maximum Gasteiger partial charge on any atom is 0.242 e. The Labute approximate surface area is 77.8 Å². The van der Waals surface area contributed by atoms with Crippen molar-refractivity contribution in [2.45, 2.75) is 0 Å². The van der Waals surface area contributed by atoms with Gasteiger partial charge in [-0.1, -0.05) is 16.3 Å². The van der Waals surface area contributed by atoms with Crippen LogP contribution in [0.5, 0.6) is 5.75 Å². The lowest BCUT2D eigenvalue weighted by molar-refractivity contribution is -0.639. The first-order valence-electron chi connectivity index (χ1n) is 2.84. The third-order valence-electron chi connectivity index (χ3n) is 1.17. The predicted octanol–water partition coefficient (Wildman–Crippen LogP) is 1.11. The lowest BCUT2D eigenvalue weighted by Gasteiger charge is -2.00. The average molecular weight is 238 g/mol. The molecule has 0 unspecified atom stereocenters. The second kappa shape index (κ2) is 3.28. The number of halogens is 2. The molecule has 0 aliphatic rings. The van der Waals surface area contributed by atoms with Crippen LogP contribution in [0.15, 0.2) is 16.9 Å². The van der Waals surface area contributed by atoms with Crippen molar-refractivity contribution in [1.29, 1.82) is 0 Å². The van der Waals surface area contributed by atoms with Crippen LogP contribution < -0.4 is 15.3 Å². The van der Waals surface area contributed by atoms with Gasteiger partial charge in [0.15, 0.2) is 0 Å². The Bertz CT molecular complexity index is 280. The monoisotopic (exact) mass is 237 g/mol. The normalized spacial score (nSPS) is 9.73. The number of pyridine rings is 1. The molecule has 1 rings (SSSR count). The number of methoxy groups -OCH3 is 1. The summed E-state index contributed by atoms with van der Waals surface area (Å²) in [6, 6.07) is 0. The van der Waals surface area contributed by atoms with Gasteiger partial charge in [-0.15, -0.1) is 0 Å². The van der Waals surface area contributed by atoms with Crippen LogP contribution in [0, 0.1) is 0 Å². The summed E-state index contributed by atoms with van der Waals surface area (Å²) in [4.78, 5) is 0. The lowest BCUT2D eigenvalue weighted by atomic mass is 10.4. The summed E-state index contributed by atoms with van der Waals surface area (Å²) < 4.78 is 7.02. The van der Waals surface area contributed by atoms with Crippen LogP contribution in [0.4, 0.5) is 0 Å². The van der Waals surface area contributed by atoms with E-state index in [1.165, 1.54) is 11.8 Å². The number of ether oxygens (including phenoxy) is 1. The van der Waals surface area contributed by atoms with Gasteiger partial charge in [0.1, 0.15) is 9.50 Å². The molecule has 0 fully saturated rings. The van der Waals surface area contributed by atoms with Crippen LogP contribution in [0.2, 0.25) is 5.02 Å². The molecule has 0 spiro atoms. The molecule has 11 heavy (non-hydrogen) atoms. The third-order valence-corrected chi connectivity index (χ3v) is 2.39. The van der Waals surface area contributed by atoms with E-state index in [-0.39, 0.29) is 0 Å². The zero-order valence-corrected chi connectivity index (χ0v) is 8.19. The number of nitrogen functional groups attached to an aromatic ring is 1. The first kappa shape index (κ1) is 8.62. The standard InChI is InChI=1S/C6H7BrClN2O/c1-11-5-3-10(9)2-4(7)6(5)8/h2-3H,9H2,1H3/q+1. The molecule has 2 N–H and O–H groups in total. The van der Waals surface area contributed by atoms with Gasteiger partial charge in [-0.2, -0.15) is 0 Å². The van der Waals surface area contributed by atoms with Gasteiger partial charge in [0.05, 0.1) is 7.11 Å². The molecular formula is C6H7BrClN2O+. The van der Waals surface area contributed by atoms with Gasteiger partial charge in [0, 0.05) is 0 Å². The largest absolute Gasteiger partial charge is 0.490 e. The van der Waals surface area contributed by atoms with Crippen LogP contribution in [0.3, 0.4) is 0 Å². The van der Waals surface area contributed by atoms with Gasteiger partial charge in [0.25, 0.3) is 0 Å². The number of hydrogen-bond donors (Lipinski definition) is 1. The average Bonchev–Trinajstić information content (AvgIpc) is 1.96. The fourth-order valence-corrected chi connectivity index (χ4v) is 1.28. The van der Waals surface area contributed by atoms with Crippen molar-refractivity contribution in [3.63, 3.8) is 0 Å². The highest BCUT2D eigenvalue weighted by molar-refractivity contribution is 9.10. The summed E-state index contributed by atoms with van der Waals surface area (Å²) in [6.07, 6.45) is 3.23. The van der Waals surface area contributed by atoms with E-state index >= 15 is 0 Å². The number of nitrogens with two attached hydrogens (primary N) is 1. The lowest BCUT2D eigenvalue weighted by Crippen LogP contribution is -2.43. The minimum atomic E-state index is 0.522. The van der Waals surface area contributed by atoms with Crippen molar-refractivity contribution < 1.29 is 9.41 Å². The van der Waals surface area contributed by atoms with Gasteiger partial charge in [-0.3, -0.25) is 0 Å². The first-order chi connectivity index (χ1) is 5.15. The molecule has 1 aromatic heterocycles. The zero-order chi connectivity index (χ0) is 8.43. The van der Waals surface area contributed by atoms with E-state index in [2.05, 4.69) is 15.9 Å². The van der Waals surface area contributed by atoms with Gasteiger partial charge in [-0.05, 0) is 15.9 Å². The Hall–Kier alpha value is -0.480. The molecule has 0 saturated carbocycles. The van der Waals surface area contributed by atoms with E-state index in [1.54, 1.807) is 12.4 Å². The van der Waals surface area contributed by atoms with Gasteiger partial charge in [-0.25, -0.2) is 5.84 Å². The van der Waals surface area contributed by atoms with Crippen LogP contribution in [-0.4, -0.2) is 7.11 Å². The summed E-state index contributed by atoms with van der Waals surface area (Å²) in [7, 11) is 1.54. The maximum absolute atomic E-state index is 5.82. The summed E-state index contributed by atoms with van der Waals surface area (Å²) in [6.45, 7) is 0. The van der Waals surface area contributed by atoms with E-state index in [9.17, 15) is 0 Å². The Kier molecular flexibility index (Phi) is 2.57. The van der Waals surface area contributed by atoms with E-state index in [0.717, 1.165) is 0 Å². The van der Waals surface area contributed by atoms with Crippen molar-refractivity contribution in [2.24, 2.45) is 0 Å². The second-order valence-corrected chi connectivity index (χ2v) is 3.17. The van der Waals surface area contributed by atoms with Crippen LogP contribution in [0.1, 0.15) is 0 Å². The smallest absolute Gasteiger partial charge is 0.242 e. The van der Waals surface area contributed by atoms with Gasteiger partial charge in [0.2, 0.25) is 18.1 Å². The Balaban J connectivity index is 3.24. The molecule has 1 heterocycles. The van der Waals surface area contributed by atoms with E-state index in [4.69, 9.17) is 22.2 Å². The molecular weight excluding hydrogens is 231 g/mol. The predicted molar refractivity (Wildman–Crippen MR) is 46.0 cm³/mol. The number of hydrogen-bond acceptors (Lipinski definition) is 2. The second-order valence-electron chi connectivity index (χ2n) is 1.94. The highest BCUT2D eigenvalue weighted by atomic mass is 79.9. The molecule has 0 radical (unpaired) electrons. The molecule has 0 atom stereocenters. The minimum Gasteiger partial charge on any atom is -0.490 e. The van der Waals surface area contributed by atoms with E-state index < -0.39 is 0 Å². The molecule has 60 valence electrons. The molecule has 0 saturated heterocycles. The number of nitrogens with zero attached hydrogens (tertiary/aromatic N) is 1. The van der Waals surface area contributed by atoms with Crippen molar-refractivity contribution >= 4 is 27.5 Å². The zero-order valence-electron chi connectivity index (χ0n) is 5.84. The fraction of sp³-hybridized carbons (Fsp3) is 0.167. The van der Waals surface area contributed by atoms with E-state index in [0.29, 0.717) is 15.2 Å². The summed E-state index contributed by atoms with van der Waals surface area (Å²) in [5.74, 6) is 6.00. The summed E-state index contributed by atoms with van der Waals surface area (Å²) in [5, 5.41) is 0.522. The van der Waals surface area contributed by atoms with Crippen molar-refractivity contribution in [3.8, 4) is 5.75 Å². The molecule has 5 heteroatoms.